The average Bonchev–Trinajstić information content (AvgIpc) is 2.74. The molecule has 1 spiro atoms. The molecule has 0 unspecified atom stereocenters. The molecule has 0 bridgehead atoms. The topological polar surface area (TPSA) is 55.8 Å². The van der Waals surface area contributed by atoms with Crippen molar-refractivity contribution in [3.8, 4) is 11.5 Å². The van der Waals surface area contributed by atoms with Gasteiger partial charge in [-0.15, -0.1) is 0 Å². The van der Waals surface area contributed by atoms with Gasteiger partial charge in [-0.1, -0.05) is 18.9 Å². The number of rotatable bonds is 2. The van der Waals surface area contributed by atoms with Gasteiger partial charge in [0, 0.05) is 12.8 Å². The monoisotopic (exact) mass is 288 g/mol. The second kappa shape index (κ2) is 4.39. The highest BCUT2D eigenvalue weighted by molar-refractivity contribution is 5.83. The lowest BCUT2D eigenvalue weighted by molar-refractivity contribution is -0.147. The second-order valence-corrected chi connectivity index (χ2v) is 6.58. The van der Waals surface area contributed by atoms with Crippen LogP contribution in [0.5, 0.6) is 11.5 Å². The summed E-state index contributed by atoms with van der Waals surface area (Å²) in [5.41, 5.74) is 0.150. The minimum atomic E-state index is -0.722. The van der Waals surface area contributed by atoms with E-state index in [0.717, 1.165) is 49.2 Å². The van der Waals surface area contributed by atoms with Gasteiger partial charge in [0.05, 0.1) is 5.41 Å². The van der Waals surface area contributed by atoms with Crippen LogP contribution in [0.25, 0.3) is 0 Å². The van der Waals surface area contributed by atoms with Gasteiger partial charge in [-0.25, -0.2) is 0 Å². The number of carboxylic acids is 1. The third-order valence-electron chi connectivity index (χ3n) is 5.32. The summed E-state index contributed by atoms with van der Waals surface area (Å²) in [5.74, 6) is 0.275. The molecule has 112 valence electrons. The van der Waals surface area contributed by atoms with E-state index in [9.17, 15) is 9.90 Å². The van der Waals surface area contributed by atoms with E-state index in [1.807, 2.05) is 18.2 Å². The van der Waals surface area contributed by atoms with Gasteiger partial charge in [-0.05, 0) is 43.4 Å². The largest absolute Gasteiger partial charge is 0.481 e. The van der Waals surface area contributed by atoms with E-state index in [2.05, 4.69) is 0 Å². The molecular weight excluding hydrogens is 268 g/mol. The van der Waals surface area contributed by atoms with Crippen LogP contribution in [-0.4, -0.2) is 16.9 Å². The first-order chi connectivity index (χ1) is 10.1. The van der Waals surface area contributed by atoms with Gasteiger partial charge >= 0.3 is 5.97 Å². The van der Waals surface area contributed by atoms with Crippen LogP contribution in [0.2, 0.25) is 0 Å². The van der Waals surface area contributed by atoms with E-state index in [1.54, 1.807) is 0 Å². The second-order valence-electron chi connectivity index (χ2n) is 6.58. The van der Waals surface area contributed by atoms with Crippen molar-refractivity contribution in [1.82, 2.24) is 0 Å². The van der Waals surface area contributed by atoms with E-state index >= 15 is 0 Å². The van der Waals surface area contributed by atoms with Crippen molar-refractivity contribution in [3.63, 3.8) is 0 Å². The molecule has 1 heterocycles. The molecule has 1 aromatic rings. The fourth-order valence-electron chi connectivity index (χ4n) is 3.84. The van der Waals surface area contributed by atoms with Crippen molar-refractivity contribution in [1.29, 1.82) is 0 Å². The molecule has 2 fully saturated rings. The van der Waals surface area contributed by atoms with Crippen LogP contribution in [0.3, 0.4) is 0 Å². The van der Waals surface area contributed by atoms with Gasteiger partial charge in [0.2, 0.25) is 0 Å². The van der Waals surface area contributed by atoms with Crippen LogP contribution < -0.4 is 9.47 Å². The van der Waals surface area contributed by atoms with E-state index in [1.165, 1.54) is 6.42 Å². The number of benzene rings is 1. The van der Waals surface area contributed by atoms with Gasteiger partial charge in [0.1, 0.15) is 0 Å². The fourth-order valence-corrected chi connectivity index (χ4v) is 3.84. The third kappa shape index (κ3) is 1.84. The zero-order chi connectivity index (χ0) is 14.5. The number of ether oxygens (including phenoxy) is 2. The van der Waals surface area contributed by atoms with Gasteiger partial charge in [0.15, 0.2) is 11.5 Å². The van der Waals surface area contributed by atoms with Crippen LogP contribution in [-0.2, 0) is 10.2 Å². The Morgan fingerprint density at radius 3 is 2.29 bits per heavy atom. The van der Waals surface area contributed by atoms with Gasteiger partial charge in [0.25, 0.3) is 5.79 Å². The first kappa shape index (κ1) is 13.0. The maximum Gasteiger partial charge on any atom is 0.314 e. The van der Waals surface area contributed by atoms with Crippen molar-refractivity contribution in [2.45, 2.75) is 62.6 Å². The lowest BCUT2D eigenvalue weighted by atomic mass is 9.64. The Kier molecular flexibility index (Phi) is 2.72. The molecule has 1 aliphatic heterocycles. The molecule has 1 aromatic carbocycles. The van der Waals surface area contributed by atoms with Crippen LogP contribution >= 0.6 is 0 Å². The standard InChI is InChI=1S/C17H20O4/c18-15(19)16(7-4-8-16)12-5-6-13-14(11-12)21-17(20-13)9-2-1-3-10-17/h5-6,11H,1-4,7-10H2,(H,18,19). The van der Waals surface area contributed by atoms with E-state index < -0.39 is 17.2 Å². The first-order valence-electron chi connectivity index (χ1n) is 7.90. The van der Waals surface area contributed by atoms with E-state index in [-0.39, 0.29) is 0 Å². The molecule has 0 amide bonds. The summed E-state index contributed by atoms with van der Waals surface area (Å²) in [5, 5.41) is 9.56. The molecule has 4 rings (SSSR count). The SMILES string of the molecule is O=C(O)C1(c2ccc3c(c2)OC2(CCCCC2)O3)CCC1. The Morgan fingerprint density at radius 2 is 1.67 bits per heavy atom. The summed E-state index contributed by atoms with van der Waals surface area (Å²) in [6, 6.07) is 5.68. The fraction of sp³-hybridized carbons (Fsp3) is 0.588. The van der Waals surface area contributed by atoms with Crippen LogP contribution in [0.15, 0.2) is 18.2 Å². The van der Waals surface area contributed by atoms with Gasteiger partial charge in [-0.2, -0.15) is 0 Å². The van der Waals surface area contributed by atoms with Crippen molar-refractivity contribution in [2.24, 2.45) is 0 Å². The highest BCUT2D eigenvalue weighted by atomic mass is 16.7. The van der Waals surface area contributed by atoms with Crippen LogP contribution in [0.4, 0.5) is 0 Å². The first-order valence-corrected chi connectivity index (χ1v) is 7.90. The predicted octanol–water partition coefficient (Wildman–Crippen LogP) is 3.62. The predicted molar refractivity (Wildman–Crippen MR) is 76.7 cm³/mol. The molecule has 0 atom stereocenters. The summed E-state index contributed by atoms with van der Waals surface area (Å²) in [7, 11) is 0. The average molecular weight is 288 g/mol. The highest BCUT2D eigenvalue weighted by Gasteiger charge is 2.48. The lowest BCUT2D eigenvalue weighted by Crippen LogP contribution is -2.42. The summed E-state index contributed by atoms with van der Waals surface area (Å²) in [6.07, 6.45) is 7.73. The minimum Gasteiger partial charge on any atom is -0.481 e. The number of aliphatic carboxylic acids is 1. The number of carboxylic acid groups (broad SMARTS) is 1. The molecule has 0 saturated heterocycles. The molecule has 21 heavy (non-hydrogen) atoms. The smallest absolute Gasteiger partial charge is 0.314 e. The summed E-state index contributed by atoms with van der Waals surface area (Å²) in [4.78, 5) is 11.6. The molecule has 3 aliphatic rings. The molecule has 0 radical (unpaired) electrons. The minimum absolute atomic E-state index is 0.491. The van der Waals surface area contributed by atoms with Crippen molar-refractivity contribution in [2.75, 3.05) is 0 Å². The molecule has 4 heteroatoms. The number of fused-ring (bicyclic) bond motifs is 1. The van der Waals surface area contributed by atoms with Crippen LogP contribution in [0.1, 0.15) is 56.9 Å². The van der Waals surface area contributed by atoms with Gasteiger partial charge < -0.3 is 14.6 Å². The molecule has 2 saturated carbocycles. The van der Waals surface area contributed by atoms with Crippen molar-refractivity contribution >= 4 is 5.97 Å². The number of hydrogen-bond donors (Lipinski definition) is 1. The number of carbonyl (C=O) groups is 1. The summed E-state index contributed by atoms with van der Waals surface area (Å²) < 4.78 is 12.1. The molecule has 0 aromatic heterocycles. The Morgan fingerprint density at radius 1 is 0.952 bits per heavy atom. The molecule has 2 aliphatic carbocycles. The zero-order valence-corrected chi connectivity index (χ0v) is 12.1. The number of hydrogen-bond acceptors (Lipinski definition) is 3. The molecule has 1 N–H and O–H groups in total. The van der Waals surface area contributed by atoms with Crippen LogP contribution in [0, 0.1) is 0 Å². The van der Waals surface area contributed by atoms with Crippen molar-refractivity contribution in [3.05, 3.63) is 23.8 Å². The Hall–Kier alpha value is -1.71. The molecule has 4 nitrogen and oxygen atoms in total. The summed E-state index contributed by atoms with van der Waals surface area (Å²) in [6.45, 7) is 0. The molecular formula is C17H20O4. The van der Waals surface area contributed by atoms with E-state index in [4.69, 9.17) is 9.47 Å². The third-order valence-corrected chi connectivity index (χ3v) is 5.32. The quantitative estimate of drug-likeness (QED) is 0.903. The summed E-state index contributed by atoms with van der Waals surface area (Å²) >= 11 is 0. The van der Waals surface area contributed by atoms with Gasteiger partial charge in [-0.3, -0.25) is 4.79 Å². The zero-order valence-electron chi connectivity index (χ0n) is 12.1. The Balaban J connectivity index is 1.65. The lowest BCUT2D eigenvalue weighted by Gasteiger charge is -2.38. The van der Waals surface area contributed by atoms with E-state index in [0.29, 0.717) is 12.8 Å². The maximum absolute atomic E-state index is 11.6. The normalized spacial score (nSPS) is 24.6. The highest BCUT2D eigenvalue weighted by Crippen LogP contribution is 2.50. The Bertz CT molecular complexity index is 582. The maximum atomic E-state index is 11.6. The Labute approximate surface area is 124 Å². The van der Waals surface area contributed by atoms with Crippen molar-refractivity contribution < 1.29 is 19.4 Å².